The van der Waals surface area contributed by atoms with Gasteiger partial charge in [-0.05, 0) is 37.6 Å². The first-order valence-electron chi connectivity index (χ1n) is 7.41. The lowest BCUT2D eigenvalue weighted by molar-refractivity contribution is 0.111. The fraction of sp³-hybridized carbons (Fsp3) is 0.438. The van der Waals surface area contributed by atoms with Crippen molar-refractivity contribution in [2.45, 2.75) is 18.9 Å². The van der Waals surface area contributed by atoms with Crippen LogP contribution < -0.4 is 15.2 Å². The second-order valence-electron chi connectivity index (χ2n) is 5.59. The number of aromatic nitrogens is 1. The molecule has 6 nitrogen and oxygen atoms in total. The molecule has 1 aliphatic rings. The van der Waals surface area contributed by atoms with E-state index >= 15 is 0 Å². The Bertz CT molecular complexity index is 633. The number of anilines is 1. The van der Waals surface area contributed by atoms with E-state index in [9.17, 15) is 0 Å². The van der Waals surface area contributed by atoms with Crippen LogP contribution in [0.15, 0.2) is 28.9 Å². The molecule has 2 aromatic rings. The third-order valence-corrected chi connectivity index (χ3v) is 4.03. The monoisotopic (exact) mass is 303 g/mol. The summed E-state index contributed by atoms with van der Waals surface area (Å²) in [6.45, 7) is 2.12. The van der Waals surface area contributed by atoms with Crippen molar-refractivity contribution in [3.8, 4) is 22.6 Å². The number of nitrogen functional groups attached to an aromatic ring is 1. The van der Waals surface area contributed by atoms with Crippen LogP contribution in [0.1, 0.15) is 12.8 Å². The van der Waals surface area contributed by atoms with E-state index in [0.717, 1.165) is 42.8 Å². The zero-order chi connectivity index (χ0) is 15.5. The highest BCUT2D eigenvalue weighted by Crippen LogP contribution is 2.35. The molecular formula is C16H21N3O3. The van der Waals surface area contributed by atoms with Gasteiger partial charge in [-0.15, -0.1) is 0 Å². The molecule has 0 bridgehead atoms. The summed E-state index contributed by atoms with van der Waals surface area (Å²) in [5.41, 5.74) is 7.41. The number of ether oxygens (including phenoxy) is 2. The Morgan fingerprint density at radius 1 is 1.27 bits per heavy atom. The Kier molecular flexibility index (Phi) is 4.20. The molecule has 0 amide bonds. The first-order valence-corrected chi connectivity index (χ1v) is 7.41. The Hall–Kier alpha value is -2.21. The van der Waals surface area contributed by atoms with Gasteiger partial charge in [0.2, 0.25) is 5.88 Å². The largest absolute Gasteiger partial charge is 0.493 e. The van der Waals surface area contributed by atoms with Crippen LogP contribution in [0, 0.1) is 0 Å². The summed E-state index contributed by atoms with van der Waals surface area (Å²) in [5, 5.41) is 3.70. The average Bonchev–Trinajstić information content (AvgIpc) is 2.96. The fourth-order valence-electron chi connectivity index (χ4n) is 2.68. The van der Waals surface area contributed by atoms with Crippen LogP contribution in [0.25, 0.3) is 11.1 Å². The molecule has 1 aromatic carbocycles. The van der Waals surface area contributed by atoms with Crippen molar-refractivity contribution < 1.29 is 14.0 Å². The van der Waals surface area contributed by atoms with Crippen LogP contribution in [0.3, 0.4) is 0 Å². The maximum Gasteiger partial charge on any atom is 0.229 e. The lowest BCUT2D eigenvalue weighted by Crippen LogP contribution is -2.35. The van der Waals surface area contributed by atoms with Crippen LogP contribution in [-0.2, 0) is 0 Å². The Labute approximate surface area is 129 Å². The number of methoxy groups -OCH3 is 1. The summed E-state index contributed by atoms with van der Waals surface area (Å²) in [6, 6.07) is 5.75. The number of hydrogen-bond acceptors (Lipinski definition) is 6. The Morgan fingerprint density at radius 3 is 2.68 bits per heavy atom. The quantitative estimate of drug-likeness (QED) is 0.935. The van der Waals surface area contributed by atoms with E-state index in [4.69, 9.17) is 19.7 Å². The van der Waals surface area contributed by atoms with Gasteiger partial charge in [0.05, 0.1) is 18.9 Å². The normalized spacial score (nSPS) is 16.6. The molecule has 118 valence electrons. The SMILES string of the molecule is COc1cc(-c2cnoc2N)ccc1OC1CCN(C)CC1. The smallest absolute Gasteiger partial charge is 0.229 e. The molecule has 0 aliphatic carbocycles. The first kappa shape index (κ1) is 14.7. The standard InChI is InChI=1S/C16H21N3O3/c1-19-7-5-12(6-8-19)21-14-4-3-11(9-15(14)20-2)13-10-18-22-16(13)17/h3-4,9-10,12H,5-8,17H2,1-2H3. The highest BCUT2D eigenvalue weighted by Gasteiger charge is 2.20. The molecular weight excluding hydrogens is 282 g/mol. The van der Waals surface area contributed by atoms with Gasteiger partial charge >= 0.3 is 0 Å². The second kappa shape index (κ2) is 6.27. The van der Waals surface area contributed by atoms with Crippen LogP contribution in [0.5, 0.6) is 11.5 Å². The van der Waals surface area contributed by atoms with E-state index in [1.807, 2.05) is 18.2 Å². The molecule has 1 aromatic heterocycles. The lowest BCUT2D eigenvalue weighted by atomic mass is 10.1. The van der Waals surface area contributed by atoms with E-state index in [1.54, 1.807) is 13.3 Å². The molecule has 6 heteroatoms. The molecule has 2 heterocycles. The summed E-state index contributed by atoms with van der Waals surface area (Å²) in [7, 11) is 3.77. The van der Waals surface area contributed by atoms with Gasteiger partial charge in [-0.25, -0.2) is 0 Å². The van der Waals surface area contributed by atoms with Crippen LogP contribution in [-0.4, -0.2) is 43.4 Å². The summed E-state index contributed by atoms with van der Waals surface area (Å²) in [6.07, 6.45) is 3.89. The molecule has 1 saturated heterocycles. The summed E-state index contributed by atoms with van der Waals surface area (Å²) >= 11 is 0. The van der Waals surface area contributed by atoms with Gasteiger partial charge in [0.25, 0.3) is 0 Å². The van der Waals surface area contributed by atoms with Gasteiger partial charge < -0.3 is 24.6 Å². The number of nitrogens with two attached hydrogens (primary N) is 1. The number of likely N-dealkylation sites (tertiary alicyclic amines) is 1. The molecule has 0 unspecified atom stereocenters. The number of hydrogen-bond donors (Lipinski definition) is 1. The van der Waals surface area contributed by atoms with Gasteiger partial charge in [0.1, 0.15) is 6.10 Å². The van der Waals surface area contributed by atoms with Crippen molar-refractivity contribution in [1.82, 2.24) is 10.1 Å². The summed E-state index contributed by atoms with van der Waals surface area (Å²) in [4.78, 5) is 2.31. The number of nitrogens with zero attached hydrogens (tertiary/aromatic N) is 2. The molecule has 2 N–H and O–H groups in total. The minimum absolute atomic E-state index is 0.233. The van der Waals surface area contributed by atoms with E-state index in [-0.39, 0.29) is 6.10 Å². The highest BCUT2D eigenvalue weighted by atomic mass is 16.5. The van der Waals surface area contributed by atoms with Gasteiger partial charge in [-0.1, -0.05) is 11.2 Å². The van der Waals surface area contributed by atoms with Crippen molar-refractivity contribution in [1.29, 1.82) is 0 Å². The number of piperidine rings is 1. The Morgan fingerprint density at radius 2 is 2.05 bits per heavy atom. The van der Waals surface area contributed by atoms with Gasteiger partial charge in [0.15, 0.2) is 11.5 Å². The first-order chi connectivity index (χ1) is 10.7. The van der Waals surface area contributed by atoms with Crippen LogP contribution >= 0.6 is 0 Å². The number of rotatable bonds is 4. The topological polar surface area (TPSA) is 73.8 Å². The van der Waals surface area contributed by atoms with Crippen molar-refractivity contribution in [2.24, 2.45) is 0 Å². The minimum Gasteiger partial charge on any atom is -0.493 e. The van der Waals surface area contributed by atoms with E-state index in [2.05, 4.69) is 17.1 Å². The van der Waals surface area contributed by atoms with Crippen LogP contribution in [0.4, 0.5) is 5.88 Å². The van der Waals surface area contributed by atoms with E-state index in [1.165, 1.54) is 0 Å². The predicted octanol–water partition coefficient (Wildman–Crippen LogP) is 2.41. The molecule has 3 rings (SSSR count). The maximum absolute atomic E-state index is 6.11. The molecule has 0 atom stereocenters. The average molecular weight is 303 g/mol. The van der Waals surface area contributed by atoms with Crippen molar-refractivity contribution >= 4 is 5.88 Å². The highest BCUT2D eigenvalue weighted by molar-refractivity contribution is 5.74. The van der Waals surface area contributed by atoms with Crippen LogP contribution in [0.2, 0.25) is 0 Å². The van der Waals surface area contributed by atoms with Gasteiger partial charge in [-0.2, -0.15) is 0 Å². The zero-order valence-electron chi connectivity index (χ0n) is 12.9. The maximum atomic E-state index is 6.11. The lowest BCUT2D eigenvalue weighted by Gasteiger charge is -2.29. The fourth-order valence-corrected chi connectivity index (χ4v) is 2.68. The Balaban J connectivity index is 1.79. The molecule has 0 radical (unpaired) electrons. The molecule has 22 heavy (non-hydrogen) atoms. The molecule has 1 fully saturated rings. The van der Waals surface area contributed by atoms with Crippen molar-refractivity contribution in [3.05, 3.63) is 24.4 Å². The predicted molar refractivity (Wildman–Crippen MR) is 84.1 cm³/mol. The van der Waals surface area contributed by atoms with Crippen molar-refractivity contribution in [3.63, 3.8) is 0 Å². The summed E-state index contributed by atoms with van der Waals surface area (Å²) in [5.74, 6) is 1.75. The molecule has 0 spiro atoms. The minimum atomic E-state index is 0.233. The van der Waals surface area contributed by atoms with E-state index in [0.29, 0.717) is 11.6 Å². The zero-order valence-corrected chi connectivity index (χ0v) is 12.9. The third-order valence-electron chi connectivity index (χ3n) is 4.03. The molecule has 1 aliphatic heterocycles. The summed E-state index contributed by atoms with van der Waals surface area (Å²) < 4.78 is 16.5. The third kappa shape index (κ3) is 3.01. The molecule has 0 saturated carbocycles. The second-order valence-corrected chi connectivity index (χ2v) is 5.59. The van der Waals surface area contributed by atoms with E-state index < -0.39 is 0 Å². The van der Waals surface area contributed by atoms with Gasteiger partial charge in [-0.3, -0.25) is 0 Å². The van der Waals surface area contributed by atoms with Gasteiger partial charge in [0, 0.05) is 13.1 Å². The van der Waals surface area contributed by atoms with Crippen molar-refractivity contribution in [2.75, 3.05) is 33.0 Å². The number of benzene rings is 1.